The van der Waals surface area contributed by atoms with E-state index in [1.807, 2.05) is 64.4 Å². The van der Waals surface area contributed by atoms with Crippen molar-refractivity contribution in [2.45, 2.75) is 19.4 Å². The van der Waals surface area contributed by atoms with Gasteiger partial charge in [-0.05, 0) is 42.0 Å². The summed E-state index contributed by atoms with van der Waals surface area (Å²) in [5.41, 5.74) is 4.01. The van der Waals surface area contributed by atoms with Crippen molar-refractivity contribution in [1.82, 2.24) is 14.7 Å². The number of carbonyl (C=O) groups excluding carboxylic acids is 1. The van der Waals surface area contributed by atoms with Crippen LogP contribution in [-0.4, -0.2) is 45.4 Å². The molecule has 3 aromatic rings. The topological polar surface area (TPSA) is 58.4 Å². The zero-order chi connectivity index (χ0) is 19.3. The van der Waals surface area contributed by atoms with Crippen LogP contribution in [0.4, 0.5) is 0 Å². The number of aliphatic hydroxyl groups excluding tert-OH is 1. The van der Waals surface area contributed by atoms with Crippen LogP contribution in [0.2, 0.25) is 0 Å². The monoisotopic (exact) mass is 375 g/mol. The molecule has 1 amide bonds. The Kier molecular flexibility index (Phi) is 5.53. The van der Waals surface area contributed by atoms with Gasteiger partial charge >= 0.3 is 0 Å². The molecule has 0 radical (unpaired) electrons. The van der Waals surface area contributed by atoms with Gasteiger partial charge < -0.3 is 10.0 Å². The normalized spacial score (nSPS) is 15.0. The Bertz CT molecular complexity index is 911. The molecule has 4 rings (SSSR count). The SMILES string of the molecule is O=C(c1ccc(-c2cnn(Cc3ccccc3)c2)cc1)N1CCC(CO)CC1. The molecule has 5 nitrogen and oxygen atoms in total. The molecule has 1 aliphatic rings. The minimum absolute atomic E-state index is 0.0720. The van der Waals surface area contributed by atoms with Crippen LogP contribution < -0.4 is 0 Å². The van der Waals surface area contributed by atoms with Crippen molar-refractivity contribution in [3.05, 3.63) is 78.1 Å². The van der Waals surface area contributed by atoms with E-state index in [-0.39, 0.29) is 12.5 Å². The van der Waals surface area contributed by atoms with Crippen LogP contribution in [0.1, 0.15) is 28.8 Å². The van der Waals surface area contributed by atoms with E-state index < -0.39 is 0 Å². The first kappa shape index (κ1) is 18.4. The van der Waals surface area contributed by atoms with Crippen LogP contribution in [-0.2, 0) is 6.54 Å². The summed E-state index contributed by atoms with van der Waals surface area (Å²) in [5.74, 6) is 0.404. The van der Waals surface area contributed by atoms with E-state index in [1.165, 1.54) is 5.56 Å². The Morgan fingerprint density at radius 1 is 1.00 bits per heavy atom. The van der Waals surface area contributed by atoms with Gasteiger partial charge in [0.05, 0.1) is 12.7 Å². The molecule has 1 N–H and O–H groups in total. The van der Waals surface area contributed by atoms with Crippen molar-refractivity contribution in [2.75, 3.05) is 19.7 Å². The number of hydrogen-bond donors (Lipinski definition) is 1. The average molecular weight is 375 g/mol. The number of aromatic nitrogens is 2. The van der Waals surface area contributed by atoms with Crippen molar-refractivity contribution in [3.63, 3.8) is 0 Å². The van der Waals surface area contributed by atoms with Crippen molar-refractivity contribution in [2.24, 2.45) is 5.92 Å². The summed E-state index contributed by atoms with van der Waals surface area (Å²) in [6, 6.07) is 18.0. The second-order valence-corrected chi connectivity index (χ2v) is 7.41. The maximum Gasteiger partial charge on any atom is 0.253 e. The Balaban J connectivity index is 1.41. The smallest absolute Gasteiger partial charge is 0.253 e. The molecule has 1 fully saturated rings. The van der Waals surface area contributed by atoms with E-state index in [9.17, 15) is 9.90 Å². The Morgan fingerprint density at radius 3 is 2.39 bits per heavy atom. The summed E-state index contributed by atoms with van der Waals surface area (Å²) >= 11 is 0. The molecule has 144 valence electrons. The zero-order valence-electron chi connectivity index (χ0n) is 15.9. The van der Waals surface area contributed by atoms with Crippen molar-refractivity contribution in [3.8, 4) is 11.1 Å². The fourth-order valence-corrected chi connectivity index (χ4v) is 3.68. The van der Waals surface area contributed by atoms with Crippen LogP contribution in [0.15, 0.2) is 67.0 Å². The summed E-state index contributed by atoms with van der Waals surface area (Å²) < 4.78 is 1.93. The van der Waals surface area contributed by atoms with E-state index in [4.69, 9.17) is 0 Å². The van der Waals surface area contributed by atoms with Gasteiger partial charge in [0.2, 0.25) is 0 Å². The van der Waals surface area contributed by atoms with Crippen LogP contribution in [0, 0.1) is 5.92 Å². The Labute approximate surface area is 165 Å². The second kappa shape index (κ2) is 8.40. The van der Waals surface area contributed by atoms with Gasteiger partial charge in [-0.3, -0.25) is 9.48 Å². The van der Waals surface area contributed by atoms with E-state index in [1.54, 1.807) is 0 Å². The average Bonchev–Trinajstić information content (AvgIpc) is 3.22. The number of likely N-dealkylation sites (tertiary alicyclic amines) is 1. The fraction of sp³-hybridized carbons (Fsp3) is 0.304. The number of rotatable bonds is 5. The summed E-state index contributed by atoms with van der Waals surface area (Å²) in [6.07, 6.45) is 5.64. The minimum atomic E-state index is 0.0720. The number of aliphatic hydroxyl groups is 1. The highest BCUT2D eigenvalue weighted by Gasteiger charge is 2.23. The molecule has 0 atom stereocenters. The number of piperidine rings is 1. The number of amides is 1. The number of carbonyl (C=O) groups is 1. The third-order valence-electron chi connectivity index (χ3n) is 5.45. The Hall–Kier alpha value is -2.92. The highest BCUT2D eigenvalue weighted by Crippen LogP contribution is 2.22. The molecule has 0 aliphatic carbocycles. The Morgan fingerprint density at radius 2 is 1.71 bits per heavy atom. The third kappa shape index (κ3) is 4.15. The van der Waals surface area contributed by atoms with Gasteiger partial charge in [-0.1, -0.05) is 42.5 Å². The lowest BCUT2D eigenvalue weighted by molar-refractivity contribution is 0.0651. The van der Waals surface area contributed by atoms with Crippen LogP contribution in [0.3, 0.4) is 0 Å². The third-order valence-corrected chi connectivity index (χ3v) is 5.45. The fourth-order valence-electron chi connectivity index (χ4n) is 3.68. The van der Waals surface area contributed by atoms with Crippen LogP contribution >= 0.6 is 0 Å². The molecule has 1 aromatic heterocycles. The van der Waals surface area contributed by atoms with Gasteiger partial charge in [0.1, 0.15) is 0 Å². The largest absolute Gasteiger partial charge is 0.396 e. The zero-order valence-corrected chi connectivity index (χ0v) is 15.9. The molecule has 2 heterocycles. The van der Waals surface area contributed by atoms with Gasteiger partial charge in [0, 0.05) is 37.0 Å². The molecule has 0 bridgehead atoms. The summed E-state index contributed by atoms with van der Waals surface area (Å²) in [6.45, 7) is 2.39. The van der Waals surface area contributed by atoms with E-state index in [0.717, 1.165) is 43.6 Å². The summed E-state index contributed by atoms with van der Waals surface area (Å²) in [4.78, 5) is 14.6. The lowest BCUT2D eigenvalue weighted by Crippen LogP contribution is -2.39. The van der Waals surface area contributed by atoms with Crippen molar-refractivity contribution >= 4 is 5.91 Å². The maximum atomic E-state index is 12.7. The molecular weight excluding hydrogens is 350 g/mol. The first-order valence-corrected chi connectivity index (χ1v) is 9.80. The van der Waals surface area contributed by atoms with Crippen LogP contribution in [0.25, 0.3) is 11.1 Å². The maximum absolute atomic E-state index is 12.7. The predicted octanol–water partition coefficient (Wildman–Crippen LogP) is 3.44. The number of hydrogen-bond acceptors (Lipinski definition) is 3. The van der Waals surface area contributed by atoms with Crippen molar-refractivity contribution in [1.29, 1.82) is 0 Å². The molecule has 1 saturated heterocycles. The van der Waals surface area contributed by atoms with Gasteiger partial charge in [-0.2, -0.15) is 5.10 Å². The standard InChI is InChI=1S/C23H25N3O2/c27-17-19-10-12-25(13-11-19)23(28)21-8-6-20(7-9-21)22-14-24-26(16-22)15-18-4-2-1-3-5-18/h1-9,14,16,19,27H,10-13,15,17H2. The van der Waals surface area contributed by atoms with Gasteiger partial charge in [-0.15, -0.1) is 0 Å². The van der Waals surface area contributed by atoms with Gasteiger partial charge in [0.15, 0.2) is 0 Å². The lowest BCUT2D eigenvalue weighted by Gasteiger charge is -2.31. The van der Waals surface area contributed by atoms with Gasteiger partial charge in [-0.25, -0.2) is 0 Å². The summed E-state index contributed by atoms with van der Waals surface area (Å²) in [5, 5.41) is 13.7. The predicted molar refractivity (Wildman–Crippen MR) is 109 cm³/mol. The summed E-state index contributed by atoms with van der Waals surface area (Å²) in [7, 11) is 0. The van der Waals surface area contributed by atoms with Gasteiger partial charge in [0.25, 0.3) is 5.91 Å². The van der Waals surface area contributed by atoms with Crippen molar-refractivity contribution < 1.29 is 9.90 Å². The molecule has 5 heteroatoms. The van der Waals surface area contributed by atoms with E-state index in [0.29, 0.717) is 11.5 Å². The second-order valence-electron chi connectivity index (χ2n) is 7.41. The molecule has 0 spiro atoms. The quantitative estimate of drug-likeness (QED) is 0.743. The minimum Gasteiger partial charge on any atom is -0.396 e. The molecule has 28 heavy (non-hydrogen) atoms. The highest BCUT2D eigenvalue weighted by atomic mass is 16.3. The molecule has 0 unspecified atom stereocenters. The number of nitrogens with zero attached hydrogens (tertiary/aromatic N) is 3. The molecule has 0 saturated carbocycles. The molecule has 2 aromatic carbocycles. The van der Waals surface area contributed by atoms with E-state index >= 15 is 0 Å². The highest BCUT2D eigenvalue weighted by molar-refractivity contribution is 5.94. The first-order valence-electron chi connectivity index (χ1n) is 9.80. The number of benzene rings is 2. The molecule has 1 aliphatic heterocycles. The van der Waals surface area contributed by atoms with E-state index in [2.05, 4.69) is 17.2 Å². The lowest BCUT2D eigenvalue weighted by atomic mass is 9.97. The van der Waals surface area contributed by atoms with Crippen LogP contribution in [0.5, 0.6) is 0 Å². The molecular formula is C23H25N3O2. The first-order chi connectivity index (χ1) is 13.7.